The van der Waals surface area contributed by atoms with Gasteiger partial charge in [0.15, 0.2) is 0 Å². The van der Waals surface area contributed by atoms with Crippen molar-refractivity contribution in [2.45, 2.75) is 6.42 Å². The Morgan fingerprint density at radius 3 is 3.14 bits per heavy atom. The van der Waals surface area contributed by atoms with Crippen LogP contribution in [0, 0.1) is 5.82 Å². The minimum absolute atomic E-state index is 0.150. The van der Waals surface area contributed by atoms with Crippen LogP contribution in [0.2, 0.25) is 0 Å². The molecule has 0 unspecified atom stereocenters. The molecule has 0 spiro atoms. The number of carbonyl (C=O) groups is 1. The highest BCUT2D eigenvalue weighted by molar-refractivity contribution is 5.69. The molecule has 0 saturated carbocycles. The van der Waals surface area contributed by atoms with Gasteiger partial charge in [-0.3, -0.25) is 4.79 Å². The van der Waals surface area contributed by atoms with Gasteiger partial charge in [0, 0.05) is 18.5 Å². The molecule has 0 aromatic carbocycles. The van der Waals surface area contributed by atoms with Crippen molar-refractivity contribution in [3.63, 3.8) is 0 Å². The van der Waals surface area contributed by atoms with Gasteiger partial charge in [0.1, 0.15) is 11.5 Å². The van der Waals surface area contributed by atoms with Crippen LogP contribution in [0.3, 0.4) is 0 Å². The summed E-state index contributed by atoms with van der Waals surface area (Å²) in [5, 5.41) is 8.52. The number of aromatic nitrogens is 2. The van der Waals surface area contributed by atoms with Gasteiger partial charge in [-0.1, -0.05) is 0 Å². The molecule has 0 saturated heterocycles. The lowest BCUT2D eigenvalue weighted by Gasteiger charge is -1.90. The third-order valence-corrected chi connectivity index (χ3v) is 1.80. The van der Waals surface area contributed by atoms with Crippen LogP contribution in [0.5, 0.6) is 0 Å². The van der Waals surface area contributed by atoms with Crippen LogP contribution in [0.4, 0.5) is 4.39 Å². The number of aliphatic carboxylic acids is 1. The first-order chi connectivity index (χ1) is 6.65. The lowest BCUT2D eigenvalue weighted by atomic mass is 10.3. The van der Waals surface area contributed by atoms with E-state index in [0.717, 1.165) is 0 Å². The molecular formula is C9H7FN2O2. The number of carboxylic acids is 1. The topological polar surface area (TPSA) is 54.6 Å². The van der Waals surface area contributed by atoms with E-state index >= 15 is 0 Å². The highest BCUT2D eigenvalue weighted by Crippen LogP contribution is 2.07. The Bertz CT molecular complexity index is 493. The van der Waals surface area contributed by atoms with Crippen LogP contribution in [0.15, 0.2) is 24.5 Å². The van der Waals surface area contributed by atoms with Crippen LogP contribution in [0.1, 0.15) is 5.69 Å². The van der Waals surface area contributed by atoms with Gasteiger partial charge in [0.2, 0.25) is 0 Å². The highest BCUT2D eigenvalue weighted by Gasteiger charge is 2.05. The molecule has 14 heavy (non-hydrogen) atoms. The van der Waals surface area contributed by atoms with E-state index in [4.69, 9.17) is 5.11 Å². The highest BCUT2D eigenvalue weighted by atomic mass is 19.1. The predicted molar refractivity (Wildman–Crippen MR) is 46.5 cm³/mol. The SMILES string of the molecule is O=C(O)Cc1cn2ccc(F)cc2n1. The summed E-state index contributed by atoms with van der Waals surface area (Å²) in [6.07, 6.45) is 2.93. The zero-order valence-corrected chi connectivity index (χ0v) is 7.14. The van der Waals surface area contributed by atoms with E-state index in [-0.39, 0.29) is 12.2 Å². The van der Waals surface area contributed by atoms with Crippen LogP contribution >= 0.6 is 0 Å². The van der Waals surface area contributed by atoms with E-state index < -0.39 is 5.97 Å². The zero-order chi connectivity index (χ0) is 10.1. The van der Waals surface area contributed by atoms with Gasteiger partial charge in [-0.15, -0.1) is 0 Å². The maximum atomic E-state index is 12.7. The fourth-order valence-corrected chi connectivity index (χ4v) is 1.25. The van der Waals surface area contributed by atoms with Crippen molar-refractivity contribution in [3.8, 4) is 0 Å². The second-order valence-electron chi connectivity index (χ2n) is 2.91. The zero-order valence-electron chi connectivity index (χ0n) is 7.14. The van der Waals surface area contributed by atoms with Gasteiger partial charge in [-0.25, -0.2) is 9.37 Å². The quantitative estimate of drug-likeness (QED) is 0.778. The van der Waals surface area contributed by atoms with Crippen molar-refractivity contribution in [1.82, 2.24) is 9.38 Å². The first-order valence-electron chi connectivity index (χ1n) is 4.00. The molecule has 0 aliphatic rings. The molecule has 0 amide bonds. The monoisotopic (exact) mass is 194 g/mol. The Labute approximate surface area is 78.6 Å². The standard InChI is InChI=1S/C9H7FN2O2/c10-6-1-2-12-5-7(4-9(13)14)11-8(12)3-6/h1-3,5H,4H2,(H,13,14). The van der Waals surface area contributed by atoms with Crippen molar-refractivity contribution in [2.75, 3.05) is 0 Å². The number of nitrogens with zero attached hydrogens (tertiary/aromatic N) is 2. The molecule has 0 fully saturated rings. The van der Waals surface area contributed by atoms with Crippen LogP contribution in [0.25, 0.3) is 5.65 Å². The van der Waals surface area contributed by atoms with Gasteiger partial charge < -0.3 is 9.51 Å². The first-order valence-corrected chi connectivity index (χ1v) is 4.00. The Kier molecular flexibility index (Phi) is 1.92. The lowest BCUT2D eigenvalue weighted by Crippen LogP contribution is -1.99. The summed E-state index contributed by atoms with van der Waals surface area (Å²) in [5.41, 5.74) is 0.837. The van der Waals surface area contributed by atoms with Gasteiger partial charge in [-0.05, 0) is 6.07 Å². The van der Waals surface area contributed by atoms with Crippen molar-refractivity contribution in [3.05, 3.63) is 36.0 Å². The summed E-state index contributed by atoms with van der Waals surface area (Å²) in [5.74, 6) is -1.33. The number of hydrogen-bond donors (Lipinski definition) is 1. The summed E-state index contributed by atoms with van der Waals surface area (Å²) >= 11 is 0. The van der Waals surface area contributed by atoms with Crippen LogP contribution in [-0.2, 0) is 11.2 Å². The van der Waals surface area contributed by atoms with E-state index in [1.807, 2.05) is 0 Å². The summed E-state index contributed by atoms with van der Waals surface area (Å²) in [6.45, 7) is 0. The maximum Gasteiger partial charge on any atom is 0.309 e. The summed E-state index contributed by atoms with van der Waals surface area (Å²) < 4.78 is 14.3. The Hall–Kier alpha value is -1.91. The molecule has 0 atom stereocenters. The molecule has 1 N–H and O–H groups in total. The normalized spacial score (nSPS) is 10.6. The van der Waals surface area contributed by atoms with Gasteiger partial charge in [-0.2, -0.15) is 0 Å². The Morgan fingerprint density at radius 1 is 1.64 bits per heavy atom. The number of pyridine rings is 1. The van der Waals surface area contributed by atoms with E-state index in [2.05, 4.69) is 4.98 Å². The summed E-state index contributed by atoms with van der Waals surface area (Å²) in [6, 6.07) is 2.55. The second kappa shape index (κ2) is 3.10. The predicted octanol–water partition coefficient (Wildman–Crippen LogP) is 1.10. The molecule has 0 radical (unpaired) electrons. The van der Waals surface area contributed by atoms with Crippen LogP contribution in [-0.4, -0.2) is 20.5 Å². The van der Waals surface area contributed by atoms with Gasteiger partial charge in [0.05, 0.1) is 12.1 Å². The third kappa shape index (κ3) is 1.56. The molecule has 5 heteroatoms. The van der Waals surface area contributed by atoms with Gasteiger partial charge >= 0.3 is 5.97 Å². The van der Waals surface area contributed by atoms with E-state index in [0.29, 0.717) is 11.3 Å². The molecule has 2 aromatic heterocycles. The van der Waals surface area contributed by atoms with E-state index in [1.54, 1.807) is 10.6 Å². The second-order valence-corrected chi connectivity index (χ2v) is 2.91. The third-order valence-electron chi connectivity index (χ3n) is 1.80. The summed E-state index contributed by atoms with van der Waals surface area (Å²) in [7, 11) is 0. The van der Waals surface area contributed by atoms with E-state index in [1.165, 1.54) is 18.3 Å². The number of imidazole rings is 1. The molecule has 72 valence electrons. The smallest absolute Gasteiger partial charge is 0.309 e. The number of fused-ring (bicyclic) bond motifs is 1. The summed E-state index contributed by atoms with van der Waals surface area (Å²) in [4.78, 5) is 14.3. The maximum absolute atomic E-state index is 12.7. The average Bonchev–Trinajstić information content (AvgIpc) is 2.44. The van der Waals surface area contributed by atoms with Crippen molar-refractivity contribution in [2.24, 2.45) is 0 Å². The fraction of sp³-hybridized carbons (Fsp3) is 0.111. The Balaban J connectivity index is 2.46. The molecule has 2 aromatic rings. The molecule has 0 aliphatic carbocycles. The number of halogens is 1. The molecular weight excluding hydrogens is 187 g/mol. The first kappa shape index (κ1) is 8.68. The van der Waals surface area contributed by atoms with Crippen molar-refractivity contribution >= 4 is 11.6 Å². The van der Waals surface area contributed by atoms with E-state index in [9.17, 15) is 9.18 Å². The fourth-order valence-electron chi connectivity index (χ4n) is 1.25. The number of rotatable bonds is 2. The van der Waals surface area contributed by atoms with Crippen LogP contribution < -0.4 is 0 Å². The number of hydrogen-bond acceptors (Lipinski definition) is 2. The largest absolute Gasteiger partial charge is 0.481 e. The molecule has 0 aliphatic heterocycles. The molecule has 2 rings (SSSR count). The minimum Gasteiger partial charge on any atom is -0.481 e. The van der Waals surface area contributed by atoms with Gasteiger partial charge in [0.25, 0.3) is 0 Å². The van der Waals surface area contributed by atoms with Crippen molar-refractivity contribution in [1.29, 1.82) is 0 Å². The number of carboxylic acid groups (broad SMARTS) is 1. The average molecular weight is 194 g/mol. The van der Waals surface area contributed by atoms with Crippen molar-refractivity contribution < 1.29 is 14.3 Å². The molecule has 0 bridgehead atoms. The molecule has 2 heterocycles. The lowest BCUT2D eigenvalue weighted by molar-refractivity contribution is -0.136. The molecule has 4 nitrogen and oxygen atoms in total. The minimum atomic E-state index is -0.950. The Morgan fingerprint density at radius 2 is 2.43 bits per heavy atom.